The Bertz CT molecular complexity index is 1510. The molecule has 1 fully saturated rings. The highest BCUT2D eigenvalue weighted by atomic mass is 16.3. The minimum absolute atomic E-state index is 0.0379. The van der Waals surface area contributed by atoms with Crippen LogP contribution in [0, 0.1) is 11.8 Å². The summed E-state index contributed by atoms with van der Waals surface area (Å²) in [6.45, 7) is 0. The molecule has 0 spiro atoms. The normalized spacial score (nSPS) is 26.4. The van der Waals surface area contributed by atoms with E-state index in [4.69, 9.17) is 5.73 Å². The Labute approximate surface area is 225 Å². The number of fused-ring (bicyclic) bond motifs is 3. The molecule has 3 aliphatic carbocycles. The van der Waals surface area contributed by atoms with Gasteiger partial charge in [0.2, 0.25) is 5.78 Å². The number of para-hydroxylation sites is 1. The van der Waals surface area contributed by atoms with Crippen molar-refractivity contribution in [1.29, 1.82) is 0 Å². The van der Waals surface area contributed by atoms with E-state index in [-0.39, 0.29) is 29.7 Å². The van der Waals surface area contributed by atoms with E-state index in [1.807, 2.05) is 43.3 Å². The van der Waals surface area contributed by atoms with E-state index in [2.05, 4.69) is 0 Å². The number of ketones is 2. The zero-order chi connectivity index (χ0) is 28.5. The highest BCUT2D eigenvalue weighted by molar-refractivity contribution is 6.24. The summed E-state index contributed by atoms with van der Waals surface area (Å²) in [5.41, 5.74) is 4.92. The second kappa shape index (κ2) is 8.96. The first-order chi connectivity index (χ1) is 18.3. The number of nitrogens with two attached hydrogens (primary N) is 1. The number of rotatable bonds is 4. The molecular formula is C29H31N3O7. The minimum atomic E-state index is -2.66. The number of nitrogens with zero attached hydrogens (tertiary/aromatic N) is 2. The van der Waals surface area contributed by atoms with E-state index in [9.17, 15) is 34.8 Å². The third-order valence-electron chi connectivity index (χ3n) is 8.28. The SMILES string of the molecule is CN(C)c1ccccc1-c1ccc(O)c2c1CC1CC3[C@H](N(C)C)C(=O)C(C(N)=O)=C(O)[C@@]3(O)C(=O)C1=C2O. The number of phenols is 1. The van der Waals surface area contributed by atoms with Gasteiger partial charge < -0.3 is 31.1 Å². The highest BCUT2D eigenvalue weighted by Crippen LogP contribution is 2.54. The second-order valence-corrected chi connectivity index (χ2v) is 10.9. The molecule has 0 saturated heterocycles. The number of hydrogen-bond donors (Lipinski definition) is 5. The average molecular weight is 534 g/mol. The maximum Gasteiger partial charge on any atom is 0.255 e. The van der Waals surface area contributed by atoms with Crippen LogP contribution < -0.4 is 10.6 Å². The Morgan fingerprint density at radius 2 is 1.67 bits per heavy atom. The number of Topliss-reactive ketones (excluding diaryl/α,β-unsaturated/α-hetero) is 2. The fourth-order valence-electron chi connectivity index (χ4n) is 6.59. The maximum atomic E-state index is 14.0. The van der Waals surface area contributed by atoms with Gasteiger partial charge in [0.05, 0.1) is 11.6 Å². The third kappa shape index (κ3) is 3.59. The van der Waals surface area contributed by atoms with Crippen molar-refractivity contribution in [3.63, 3.8) is 0 Å². The van der Waals surface area contributed by atoms with Crippen molar-refractivity contribution >= 4 is 28.9 Å². The number of carbonyl (C=O) groups excluding carboxylic acids is 3. The molecule has 3 aliphatic rings. The number of phenolic OH excluding ortho intramolecular Hbond substituents is 1. The van der Waals surface area contributed by atoms with Crippen LogP contribution in [0.3, 0.4) is 0 Å². The molecule has 1 amide bonds. The summed E-state index contributed by atoms with van der Waals surface area (Å²) < 4.78 is 0. The van der Waals surface area contributed by atoms with Crippen molar-refractivity contribution in [3.8, 4) is 16.9 Å². The monoisotopic (exact) mass is 533 g/mol. The zero-order valence-corrected chi connectivity index (χ0v) is 22.1. The molecule has 0 bridgehead atoms. The van der Waals surface area contributed by atoms with Gasteiger partial charge in [-0.1, -0.05) is 24.3 Å². The third-order valence-corrected chi connectivity index (χ3v) is 8.28. The van der Waals surface area contributed by atoms with E-state index < -0.39 is 58.0 Å². The number of aromatic hydroxyl groups is 1. The molecule has 10 heteroatoms. The summed E-state index contributed by atoms with van der Waals surface area (Å²) in [5.74, 6) is -6.68. The lowest BCUT2D eigenvalue weighted by Crippen LogP contribution is -2.65. The van der Waals surface area contributed by atoms with Gasteiger partial charge in [-0.25, -0.2) is 0 Å². The van der Waals surface area contributed by atoms with Gasteiger partial charge in [-0.3, -0.25) is 19.3 Å². The number of aliphatic hydroxyl groups excluding tert-OH is 2. The van der Waals surface area contributed by atoms with Gasteiger partial charge in [0, 0.05) is 36.8 Å². The van der Waals surface area contributed by atoms with Crippen LogP contribution in [0.2, 0.25) is 0 Å². The number of primary amides is 1. The summed E-state index contributed by atoms with van der Waals surface area (Å²) in [5, 5.41) is 45.0. The smallest absolute Gasteiger partial charge is 0.255 e. The van der Waals surface area contributed by atoms with Crippen LogP contribution in [0.1, 0.15) is 17.5 Å². The predicted molar refractivity (Wildman–Crippen MR) is 144 cm³/mol. The molecule has 4 atom stereocenters. The molecule has 2 aromatic rings. The standard InChI is InChI=1S/C29H31N3O7/c1-31(2)18-8-6-5-7-15(18)14-9-10-19(33)21-16(14)11-13-12-17-23(32(3)4)25(35)22(28(30)38)27(37)29(17,39)26(36)20(13)24(21)34/h5-10,13,17,23,33-34,37,39H,11-12H2,1-4H3,(H2,30,38)/t13?,17?,23-,29-/m0/s1. The summed E-state index contributed by atoms with van der Waals surface area (Å²) in [6, 6.07) is 9.74. The highest BCUT2D eigenvalue weighted by Gasteiger charge is 2.64. The number of benzene rings is 2. The molecule has 5 rings (SSSR count). The van der Waals surface area contributed by atoms with E-state index in [1.165, 1.54) is 11.0 Å². The fraction of sp³-hybridized carbons (Fsp3) is 0.345. The van der Waals surface area contributed by atoms with E-state index in [1.54, 1.807) is 20.2 Å². The molecule has 39 heavy (non-hydrogen) atoms. The van der Waals surface area contributed by atoms with Gasteiger partial charge in [0.15, 0.2) is 11.4 Å². The summed E-state index contributed by atoms with van der Waals surface area (Å²) in [6.07, 6.45) is 0.260. The van der Waals surface area contributed by atoms with Gasteiger partial charge >= 0.3 is 0 Å². The predicted octanol–water partition coefficient (Wildman–Crippen LogP) is 1.70. The molecule has 0 aliphatic heterocycles. The van der Waals surface area contributed by atoms with Crippen molar-refractivity contribution in [3.05, 3.63) is 64.4 Å². The molecule has 1 saturated carbocycles. The Morgan fingerprint density at radius 1 is 1.00 bits per heavy atom. The first kappa shape index (κ1) is 26.5. The number of amides is 1. The van der Waals surface area contributed by atoms with Crippen LogP contribution in [0.4, 0.5) is 5.69 Å². The van der Waals surface area contributed by atoms with E-state index >= 15 is 0 Å². The van der Waals surface area contributed by atoms with Crippen molar-refractivity contribution in [2.75, 3.05) is 33.1 Å². The lowest BCUT2D eigenvalue weighted by molar-refractivity contribution is -0.153. The Kier molecular flexibility index (Phi) is 6.08. The maximum absolute atomic E-state index is 14.0. The van der Waals surface area contributed by atoms with Crippen LogP contribution in [-0.2, 0) is 20.8 Å². The van der Waals surface area contributed by atoms with Gasteiger partial charge in [-0.2, -0.15) is 0 Å². The van der Waals surface area contributed by atoms with E-state index in [0.717, 1.165) is 16.8 Å². The Hall–Kier alpha value is -4.15. The van der Waals surface area contributed by atoms with Crippen LogP contribution in [0.25, 0.3) is 16.9 Å². The van der Waals surface area contributed by atoms with Gasteiger partial charge in [-0.05, 0) is 56.1 Å². The molecule has 204 valence electrons. The lowest BCUT2D eigenvalue weighted by Gasteiger charge is -2.50. The topological polar surface area (TPSA) is 165 Å². The van der Waals surface area contributed by atoms with Crippen LogP contribution in [-0.4, -0.2) is 82.6 Å². The van der Waals surface area contributed by atoms with Crippen molar-refractivity contribution in [1.82, 2.24) is 4.90 Å². The number of aliphatic hydroxyl groups is 3. The number of carbonyl (C=O) groups is 3. The van der Waals surface area contributed by atoms with E-state index in [0.29, 0.717) is 5.56 Å². The molecule has 0 heterocycles. The van der Waals surface area contributed by atoms with Crippen LogP contribution >= 0.6 is 0 Å². The summed E-state index contributed by atoms with van der Waals surface area (Å²) in [7, 11) is 6.96. The summed E-state index contributed by atoms with van der Waals surface area (Å²) >= 11 is 0. The summed E-state index contributed by atoms with van der Waals surface area (Å²) in [4.78, 5) is 42.8. The largest absolute Gasteiger partial charge is 0.508 e. The number of anilines is 1. The number of hydrogen-bond acceptors (Lipinski definition) is 9. The van der Waals surface area contributed by atoms with Crippen LogP contribution in [0.15, 0.2) is 53.3 Å². The fourth-order valence-corrected chi connectivity index (χ4v) is 6.59. The molecule has 0 radical (unpaired) electrons. The first-order valence-electron chi connectivity index (χ1n) is 12.6. The van der Waals surface area contributed by atoms with Crippen LogP contribution in [0.5, 0.6) is 5.75 Å². The van der Waals surface area contributed by atoms with Crippen molar-refractivity contribution in [2.24, 2.45) is 17.6 Å². The molecular weight excluding hydrogens is 502 g/mol. The quantitative estimate of drug-likeness (QED) is 0.368. The van der Waals surface area contributed by atoms with Crippen molar-refractivity contribution < 1.29 is 34.8 Å². The molecule has 6 N–H and O–H groups in total. The zero-order valence-electron chi connectivity index (χ0n) is 22.1. The first-order valence-corrected chi connectivity index (χ1v) is 12.6. The van der Waals surface area contributed by atoms with Gasteiger partial charge in [0.1, 0.15) is 22.8 Å². The minimum Gasteiger partial charge on any atom is -0.508 e. The van der Waals surface area contributed by atoms with Gasteiger partial charge in [0.25, 0.3) is 5.91 Å². The number of likely N-dealkylation sites (N-methyl/N-ethyl adjacent to an activating group) is 1. The molecule has 10 nitrogen and oxygen atoms in total. The lowest BCUT2D eigenvalue weighted by atomic mass is 9.57. The van der Waals surface area contributed by atoms with Crippen molar-refractivity contribution in [2.45, 2.75) is 24.5 Å². The average Bonchev–Trinajstić information content (AvgIpc) is 2.86. The molecule has 2 unspecified atom stereocenters. The Balaban J connectivity index is 1.75. The Morgan fingerprint density at radius 3 is 2.28 bits per heavy atom. The van der Waals surface area contributed by atoms with Gasteiger partial charge in [-0.15, -0.1) is 0 Å². The molecule has 2 aromatic carbocycles. The second-order valence-electron chi connectivity index (χ2n) is 10.9. The molecule has 0 aromatic heterocycles.